The summed E-state index contributed by atoms with van der Waals surface area (Å²) in [5, 5.41) is 10.7. The standard InChI is InChI=1S/C14H17FO2/c1-9-6-10(2-5-13(9)15)14(16)7-11-3-4-12(8-14)17-11/h2,5-6,11-12,16H,3-4,7-8H2,1H3. The van der Waals surface area contributed by atoms with E-state index in [1.165, 1.54) is 6.07 Å². The predicted octanol–water partition coefficient (Wildman–Crippen LogP) is 2.66. The van der Waals surface area contributed by atoms with Crippen LogP contribution in [0.4, 0.5) is 4.39 Å². The van der Waals surface area contributed by atoms with Crippen LogP contribution in [0.3, 0.4) is 0 Å². The predicted molar refractivity (Wildman–Crippen MR) is 62.2 cm³/mol. The molecule has 1 aromatic rings. The number of aryl methyl sites for hydroxylation is 1. The molecular formula is C14H17FO2. The van der Waals surface area contributed by atoms with Crippen molar-refractivity contribution in [3.63, 3.8) is 0 Å². The monoisotopic (exact) mass is 236 g/mol. The van der Waals surface area contributed by atoms with Gasteiger partial charge < -0.3 is 9.84 Å². The Bertz CT molecular complexity index is 432. The van der Waals surface area contributed by atoms with Gasteiger partial charge in [-0.3, -0.25) is 0 Å². The van der Waals surface area contributed by atoms with Crippen molar-refractivity contribution >= 4 is 0 Å². The van der Waals surface area contributed by atoms with Crippen LogP contribution >= 0.6 is 0 Å². The summed E-state index contributed by atoms with van der Waals surface area (Å²) in [5.41, 5.74) is 0.592. The Morgan fingerprint density at radius 3 is 2.53 bits per heavy atom. The maximum atomic E-state index is 13.3. The molecule has 2 atom stereocenters. The van der Waals surface area contributed by atoms with E-state index in [9.17, 15) is 9.50 Å². The Balaban J connectivity index is 1.94. The Hall–Kier alpha value is -0.930. The smallest absolute Gasteiger partial charge is 0.126 e. The van der Waals surface area contributed by atoms with Gasteiger partial charge in [0.1, 0.15) is 5.82 Å². The van der Waals surface area contributed by atoms with E-state index in [2.05, 4.69) is 0 Å². The molecule has 0 spiro atoms. The van der Waals surface area contributed by atoms with Crippen molar-refractivity contribution < 1.29 is 14.2 Å². The van der Waals surface area contributed by atoms with Crippen molar-refractivity contribution in [2.45, 2.75) is 50.4 Å². The van der Waals surface area contributed by atoms with Gasteiger partial charge in [0.05, 0.1) is 17.8 Å². The molecular weight excluding hydrogens is 219 g/mol. The molecule has 0 saturated carbocycles. The van der Waals surface area contributed by atoms with Crippen LogP contribution in [-0.2, 0) is 10.3 Å². The maximum Gasteiger partial charge on any atom is 0.126 e. The molecule has 2 bridgehead atoms. The first kappa shape index (κ1) is 11.2. The summed E-state index contributed by atoms with van der Waals surface area (Å²) >= 11 is 0. The number of aliphatic hydroxyl groups is 1. The normalized spacial score (nSPS) is 36.2. The second-order valence-electron chi connectivity index (χ2n) is 5.36. The highest BCUT2D eigenvalue weighted by Crippen LogP contribution is 2.44. The second-order valence-corrected chi connectivity index (χ2v) is 5.36. The summed E-state index contributed by atoms with van der Waals surface area (Å²) in [6.07, 6.45) is 3.68. The third-order valence-electron chi connectivity index (χ3n) is 4.02. The molecule has 2 heterocycles. The third kappa shape index (κ3) is 1.87. The van der Waals surface area contributed by atoms with Gasteiger partial charge in [0, 0.05) is 12.8 Å². The maximum absolute atomic E-state index is 13.3. The largest absolute Gasteiger partial charge is 0.385 e. The highest BCUT2D eigenvalue weighted by Gasteiger charge is 2.44. The Labute approximate surface area is 100 Å². The molecule has 3 heteroatoms. The second kappa shape index (κ2) is 3.79. The average molecular weight is 236 g/mol. The van der Waals surface area contributed by atoms with Crippen LogP contribution in [0.15, 0.2) is 18.2 Å². The van der Waals surface area contributed by atoms with E-state index < -0.39 is 5.60 Å². The quantitative estimate of drug-likeness (QED) is 0.812. The molecule has 2 unspecified atom stereocenters. The summed E-state index contributed by atoms with van der Waals surface area (Å²) in [6, 6.07) is 4.91. The number of halogens is 1. The van der Waals surface area contributed by atoms with Crippen molar-refractivity contribution in [2.24, 2.45) is 0 Å². The molecule has 17 heavy (non-hydrogen) atoms. The zero-order valence-corrected chi connectivity index (χ0v) is 9.95. The Morgan fingerprint density at radius 2 is 1.94 bits per heavy atom. The molecule has 92 valence electrons. The van der Waals surface area contributed by atoms with Crippen molar-refractivity contribution in [1.82, 2.24) is 0 Å². The van der Waals surface area contributed by atoms with Gasteiger partial charge in [-0.1, -0.05) is 12.1 Å². The lowest BCUT2D eigenvalue weighted by atomic mass is 9.83. The van der Waals surface area contributed by atoms with Crippen LogP contribution in [0, 0.1) is 12.7 Å². The Morgan fingerprint density at radius 1 is 1.29 bits per heavy atom. The molecule has 2 saturated heterocycles. The lowest BCUT2D eigenvalue weighted by Crippen LogP contribution is -2.38. The first-order valence-electron chi connectivity index (χ1n) is 6.21. The molecule has 0 radical (unpaired) electrons. The summed E-state index contributed by atoms with van der Waals surface area (Å²) in [4.78, 5) is 0. The molecule has 1 aromatic carbocycles. The molecule has 2 aliphatic rings. The van der Waals surface area contributed by atoms with Gasteiger partial charge in [-0.2, -0.15) is 0 Å². The molecule has 2 aliphatic heterocycles. The van der Waals surface area contributed by atoms with E-state index >= 15 is 0 Å². The fourth-order valence-electron chi connectivity index (χ4n) is 3.09. The number of ether oxygens (including phenoxy) is 1. The van der Waals surface area contributed by atoms with Crippen molar-refractivity contribution in [3.8, 4) is 0 Å². The Kier molecular flexibility index (Phi) is 2.49. The van der Waals surface area contributed by atoms with Crippen molar-refractivity contribution in [3.05, 3.63) is 35.1 Å². The van der Waals surface area contributed by atoms with Crippen LogP contribution in [0.25, 0.3) is 0 Å². The van der Waals surface area contributed by atoms with E-state index in [1.807, 2.05) is 0 Å². The van der Waals surface area contributed by atoms with E-state index in [4.69, 9.17) is 4.74 Å². The SMILES string of the molecule is Cc1cc(C2(O)CC3CCC(C2)O3)ccc1F. The molecule has 2 fully saturated rings. The minimum absolute atomic E-state index is 0.170. The van der Waals surface area contributed by atoms with Crippen LogP contribution in [0.1, 0.15) is 36.8 Å². The highest BCUT2D eigenvalue weighted by atomic mass is 19.1. The van der Waals surface area contributed by atoms with Crippen molar-refractivity contribution in [2.75, 3.05) is 0 Å². The number of fused-ring (bicyclic) bond motifs is 2. The van der Waals surface area contributed by atoms with Crippen LogP contribution in [-0.4, -0.2) is 17.3 Å². The molecule has 0 aliphatic carbocycles. The number of rotatable bonds is 1. The van der Waals surface area contributed by atoms with E-state index in [0.717, 1.165) is 18.4 Å². The van der Waals surface area contributed by atoms with E-state index in [1.54, 1.807) is 19.1 Å². The van der Waals surface area contributed by atoms with Gasteiger partial charge in [0.2, 0.25) is 0 Å². The summed E-state index contributed by atoms with van der Waals surface area (Å²) in [6.45, 7) is 1.73. The molecule has 0 amide bonds. The number of hydrogen-bond donors (Lipinski definition) is 1. The van der Waals surface area contributed by atoms with Gasteiger partial charge in [-0.05, 0) is 37.0 Å². The number of hydrogen-bond acceptors (Lipinski definition) is 2. The minimum Gasteiger partial charge on any atom is -0.385 e. The lowest BCUT2D eigenvalue weighted by molar-refractivity contribution is -0.115. The zero-order valence-electron chi connectivity index (χ0n) is 9.95. The molecule has 0 aromatic heterocycles. The van der Waals surface area contributed by atoms with E-state index in [-0.39, 0.29) is 18.0 Å². The van der Waals surface area contributed by atoms with Gasteiger partial charge in [0.15, 0.2) is 0 Å². The first-order valence-corrected chi connectivity index (χ1v) is 6.21. The third-order valence-corrected chi connectivity index (χ3v) is 4.02. The van der Waals surface area contributed by atoms with Crippen LogP contribution in [0.5, 0.6) is 0 Å². The first-order chi connectivity index (χ1) is 8.07. The lowest BCUT2D eigenvalue weighted by Gasteiger charge is -2.37. The molecule has 1 N–H and O–H groups in total. The van der Waals surface area contributed by atoms with Crippen molar-refractivity contribution in [1.29, 1.82) is 0 Å². The fourth-order valence-corrected chi connectivity index (χ4v) is 3.09. The summed E-state index contributed by atoms with van der Waals surface area (Å²) < 4.78 is 19.0. The average Bonchev–Trinajstić information content (AvgIpc) is 2.62. The number of benzene rings is 1. The van der Waals surface area contributed by atoms with Gasteiger partial charge in [-0.15, -0.1) is 0 Å². The fraction of sp³-hybridized carbons (Fsp3) is 0.571. The van der Waals surface area contributed by atoms with E-state index in [0.29, 0.717) is 18.4 Å². The van der Waals surface area contributed by atoms with Gasteiger partial charge in [0.25, 0.3) is 0 Å². The summed E-state index contributed by atoms with van der Waals surface area (Å²) in [7, 11) is 0. The highest BCUT2D eigenvalue weighted by molar-refractivity contribution is 5.29. The zero-order chi connectivity index (χ0) is 12.0. The molecule has 2 nitrogen and oxygen atoms in total. The van der Waals surface area contributed by atoms with Gasteiger partial charge >= 0.3 is 0 Å². The topological polar surface area (TPSA) is 29.5 Å². The van der Waals surface area contributed by atoms with Crippen LogP contribution < -0.4 is 0 Å². The molecule has 3 rings (SSSR count). The van der Waals surface area contributed by atoms with Gasteiger partial charge in [-0.25, -0.2) is 4.39 Å². The minimum atomic E-state index is -0.831. The summed E-state index contributed by atoms with van der Waals surface area (Å²) in [5.74, 6) is -0.215. The van der Waals surface area contributed by atoms with Crippen LogP contribution in [0.2, 0.25) is 0 Å².